The van der Waals surface area contributed by atoms with Crippen LogP contribution in [0.1, 0.15) is 31.2 Å². The van der Waals surface area contributed by atoms with Gasteiger partial charge in [0.25, 0.3) is 0 Å². The number of ether oxygens (including phenoxy) is 1. The van der Waals surface area contributed by atoms with Gasteiger partial charge in [0, 0.05) is 0 Å². The molecule has 0 radical (unpaired) electrons. The van der Waals surface area contributed by atoms with Crippen molar-refractivity contribution in [1.29, 1.82) is 0 Å². The van der Waals surface area contributed by atoms with E-state index in [0.29, 0.717) is 0 Å². The van der Waals surface area contributed by atoms with Gasteiger partial charge in [-0.1, -0.05) is 54.7 Å². The first-order valence-electron chi connectivity index (χ1n) is 10.1. The number of nitrogens with one attached hydrogen (secondary N) is 1. The van der Waals surface area contributed by atoms with E-state index in [1.807, 2.05) is 24.3 Å². The SMILES string of the molecule is Cl.Cl.S=C1Nc2ccccc2OC1CCCN1CCC(Cc2ccccc2)CC1. The van der Waals surface area contributed by atoms with Gasteiger partial charge in [-0.3, -0.25) is 0 Å². The number of benzene rings is 2. The molecule has 1 unspecified atom stereocenters. The van der Waals surface area contributed by atoms with E-state index in [4.69, 9.17) is 17.0 Å². The normalized spacial score (nSPS) is 19.2. The summed E-state index contributed by atoms with van der Waals surface area (Å²) in [6.07, 6.45) is 5.95. The Hall–Kier alpha value is -1.33. The fraction of sp³-hybridized carbons (Fsp3) is 0.435. The lowest BCUT2D eigenvalue weighted by molar-refractivity contribution is 0.172. The second-order valence-electron chi connectivity index (χ2n) is 7.71. The number of para-hydroxylation sites is 2. The molecule has 0 bridgehead atoms. The fourth-order valence-corrected chi connectivity index (χ4v) is 4.42. The molecule has 1 N–H and O–H groups in total. The minimum absolute atomic E-state index is 0. The number of nitrogens with zero attached hydrogens (tertiary/aromatic N) is 1. The second-order valence-corrected chi connectivity index (χ2v) is 8.15. The highest BCUT2D eigenvalue weighted by Gasteiger charge is 2.24. The van der Waals surface area contributed by atoms with Crippen molar-refractivity contribution in [3.63, 3.8) is 0 Å². The molecular formula is C23H30Cl2N2OS. The number of fused-ring (bicyclic) bond motifs is 1. The maximum absolute atomic E-state index is 6.09. The van der Waals surface area contributed by atoms with Crippen LogP contribution < -0.4 is 10.1 Å². The molecule has 0 aliphatic carbocycles. The minimum Gasteiger partial charge on any atom is -0.481 e. The molecule has 6 heteroatoms. The molecule has 2 aromatic carbocycles. The zero-order valence-corrected chi connectivity index (χ0v) is 19.0. The number of thiocarbonyl (C=S) groups is 1. The summed E-state index contributed by atoms with van der Waals surface area (Å²) in [5.41, 5.74) is 2.46. The van der Waals surface area contributed by atoms with E-state index in [9.17, 15) is 0 Å². The summed E-state index contributed by atoms with van der Waals surface area (Å²) in [4.78, 5) is 3.42. The Labute approximate surface area is 192 Å². The van der Waals surface area contributed by atoms with Crippen LogP contribution in [0, 0.1) is 5.92 Å². The zero-order chi connectivity index (χ0) is 18.5. The summed E-state index contributed by atoms with van der Waals surface area (Å²) < 4.78 is 6.09. The van der Waals surface area contributed by atoms with Crippen LogP contribution in [-0.4, -0.2) is 35.6 Å². The Morgan fingerprint density at radius 2 is 1.66 bits per heavy atom. The number of halogens is 2. The van der Waals surface area contributed by atoms with Crippen LogP contribution in [0.3, 0.4) is 0 Å². The number of hydrogen-bond acceptors (Lipinski definition) is 3. The van der Waals surface area contributed by atoms with Crippen molar-refractivity contribution in [2.24, 2.45) is 5.92 Å². The molecule has 2 aromatic rings. The van der Waals surface area contributed by atoms with Gasteiger partial charge < -0.3 is 15.0 Å². The lowest BCUT2D eigenvalue weighted by Crippen LogP contribution is -2.38. The Morgan fingerprint density at radius 3 is 2.41 bits per heavy atom. The van der Waals surface area contributed by atoms with Crippen LogP contribution in [0.15, 0.2) is 54.6 Å². The molecule has 1 saturated heterocycles. The highest BCUT2D eigenvalue weighted by molar-refractivity contribution is 7.80. The Kier molecular flexibility index (Phi) is 9.70. The minimum atomic E-state index is 0. The Morgan fingerprint density at radius 1 is 0.966 bits per heavy atom. The van der Waals surface area contributed by atoms with Crippen LogP contribution in [0.2, 0.25) is 0 Å². The summed E-state index contributed by atoms with van der Waals surface area (Å²) in [5, 5.41) is 3.32. The van der Waals surface area contributed by atoms with E-state index in [0.717, 1.165) is 41.7 Å². The molecule has 3 nitrogen and oxygen atoms in total. The largest absolute Gasteiger partial charge is 0.481 e. The van der Waals surface area contributed by atoms with Gasteiger partial charge in [-0.15, -0.1) is 24.8 Å². The van der Waals surface area contributed by atoms with Crippen molar-refractivity contribution < 1.29 is 4.74 Å². The van der Waals surface area contributed by atoms with Crippen LogP contribution in [0.25, 0.3) is 0 Å². The van der Waals surface area contributed by atoms with E-state index in [1.54, 1.807) is 0 Å². The molecule has 1 fully saturated rings. The number of anilines is 1. The molecule has 1 atom stereocenters. The topological polar surface area (TPSA) is 24.5 Å². The van der Waals surface area contributed by atoms with E-state index < -0.39 is 0 Å². The summed E-state index contributed by atoms with van der Waals surface area (Å²) in [7, 11) is 0. The predicted molar refractivity (Wildman–Crippen MR) is 130 cm³/mol. The molecule has 0 saturated carbocycles. The first kappa shape index (κ1) is 23.9. The third-order valence-electron chi connectivity index (χ3n) is 5.72. The van der Waals surface area contributed by atoms with Gasteiger partial charge in [-0.25, -0.2) is 0 Å². The van der Waals surface area contributed by atoms with E-state index in [2.05, 4.69) is 40.5 Å². The van der Waals surface area contributed by atoms with Gasteiger partial charge in [0.05, 0.1) is 5.69 Å². The maximum atomic E-state index is 6.09. The van der Waals surface area contributed by atoms with Crippen molar-refractivity contribution >= 4 is 47.7 Å². The number of piperidine rings is 1. The fourth-order valence-electron chi connectivity index (χ4n) is 4.14. The van der Waals surface area contributed by atoms with Crippen LogP contribution in [0.5, 0.6) is 5.75 Å². The predicted octanol–water partition coefficient (Wildman–Crippen LogP) is 5.77. The quantitative estimate of drug-likeness (QED) is 0.562. The second kappa shape index (κ2) is 11.8. The first-order chi connectivity index (χ1) is 13.3. The smallest absolute Gasteiger partial charge is 0.149 e. The molecule has 4 rings (SSSR count). The average Bonchev–Trinajstić information content (AvgIpc) is 2.70. The van der Waals surface area contributed by atoms with Gasteiger partial charge in [-0.2, -0.15) is 0 Å². The Balaban J connectivity index is 0.00000150. The van der Waals surface area contributed by atoms with E-state index in [1.165, 1.54) is 37.9 Å². The molecule has 0 spiro atoms. The van der Waals surface area contributed by atoms with Gasteiger partial charge >= 0.3 is 0 Å². The average molecular weight is 453 g/mol. The van der Waals surface area contributed by atoms with Crippen molar-refractivity contribution in [3.8, 4) is 5.75 Å². The van der Waals surface area contributed by atoms with Crippen LogP contribution >= 0.6 is 37.0 Å². The van der Waals surface area contributed by atoms with Crippen LogP contribution in [0.4, 0.5) is 5.69 Å². The first-order valence-corrected chi connectivity index (χ1v) is 10.5. The molecule has 2 heterocycles. The highest BCUT2D eigenvalue weighted by Crippen LogP contribution is 2.30. The lowest BCUT2D eigenvalue weighted by Gasteiger charge is -2.33. The summed E-state index contributed by atoms with van der Waals surface area (Å²) >= 11 is 5.50. The van der Waals surface area contributed by atoms with Crippen molar-refractivity contribution in [2.45, 2.75) is 38.2 Å². The standard InChI is InChI=1S/C23H28N2OS.2ClH/c27-23-22(26-21-10-5-4-9-20(21)24-23)11-6-14-25-15-12-19(13-16-25)17-18-7-2-1-3-8-18;;/h1-5,7-10,19,22H,6,11-17H2,(H,24,27);2*1H. The van der Waals surface area contributed by atoms with E-state index in [-0.39, 0.29) is 30.9 Å². The molecule has 2 aliphatic rings. The van der Waals surface area contributed by atoms with Crippen molar-refractivity contribution in [2.75, 3.05) is 25.0 Å². The molecular weight excluding hydrogens is 423 g/mol. The zero-order valence-electron chi connectivity index (χ0n) is 16.6. The van der Waals surface area contributed by atoms with E-state index >= 15 is 0 Å². The maximum Gasteiger partial charge on any atom is 0.149 e. The third kappa shape index (κ3) is 6.58. The molecule has 0 amide bonds. The summed E-state index contributed by atoms with van der Waals surface area (Å²) in [6.45, 7) is 3.57. The molecule has 29 heavy (non-hydrogen) atoms. The number of likely N-dealkylation sites (tertiary alicyclic amines) is 1. The number of hydrogen-bond donors (Lipinski definition) is 1. The van der Waals surface area contributed by atoms with Crippen molar-refractivity contribution in [1.82, 2.24) is 4.90 Å². The molecule has 158 valence electrons. The lowest BCUT2D eigenvalue weighted by atomic mass is 9.90. The Bertz CT molecular complexity index is 766. The van der Waals surface area contributed by atoms with Crippen molar-refractivity contribution in [3.05, 3.63) is 60.2 Å². The molecule has 0 aromatic heterocycles. The van der Waals surface area contributed by atoms with Gasteiger partial charge in [0.1, 0.15) is 16.8 Å². The monoisotopic (exact) mass is 452 g/mol. The summed E-state index contributed by atoms with van der Waals surface area (Å²) in [6, 6.07) is 18.9. The third-order valence-corrected chi connectivity index (χ3v) is 6.09. The van der Waals surface area contributed by atoms with Gasteiger partial charge in [-0.05, 0) is 75.4 Å². The van der Waals surface area contributed by atoms with Gasteiger partial charge in [0.2, 0.25) is 0 Å². The highest BCUT2D eigenvalue weighted by atomic mass is 35.5. The number of rotatable bonds is 6. The summed E-state index contributed by atoms with van der Waals surface area (Å²) in [5.74, 6) is 1.75. The van der Waals surface area contributed by atoms with Gasteiger partial charge in [0.15, 0.2) is 0 Å². The van der Waals surface area contributed by atoms with Crippen LogP contribution in [-0.2, 0) is 6.42 Å². The molecule has 2 aliphatic heterocycles.